The van der Waals surface area contributed by atoms with E-state index in [1.807, 2.05) is 37.3 Å². The molecule has 0 aliphatic rings. The number of nitrogens with zero attached hydrogens (tertiary/aromatic N) is 4. The molecule has 0 saturated heterocycles. The van der Waals surface area contributed by atoms with Crippen molar-refractivity contribution in [1.82, 2.24) is 19.4 Å². The molecule has 0 fully saturated rings. The number of fused-ring (bicyclic) bond motifs is 1. The van der Waals surface area contributed by atoms with Crippen LogP contribution in [0.3, 0.4) is 0 Å². The number of hydrogen-bond acceptors (Lipinski definition) is 4. The molecule has 128 valence electrons. The monoisotopic (exact) mass is 363 g/mol. The Bertz CT molecular complexity index is 1100. The van der Waals surface area contributed by atoms with Crippen molar-refractivity contribution in [3.8, 4) is 11.1 Å². The van der Waals surface area contributed by atoms with Crippen LogP contribution in [0.2, 0.25) is 5.02 Å². The number of rotatable bonds is 3. The molecule has 3 aromatic heterocycles. The summed E-state index contributed by atoms with van der Waals surface area (Å²) in [6.07, 6.45) is 6.54. The molecular weight excluding hydrogens is 350 g/mol. The Hall–Kier alpha value is -3.25. The fourth-order valence-corrected chi connectivity index (χ4v) is 2.90. The molecule has 1 amide bonds. The van der Waals surface area contributed by atoms with Gasteiger partial charge in [0, 0.05) is 23.6 Å². The number of anilines is 1. The van der Waals surface area contributed by atoms with Crippen LogP contribution in [0.5, 0.6) is 0 Å². The van der Waals surface area contributed by atoms with Crippen molar-refractivity contribution in [3.05, 3.63) is 77.5 Å². The van der Waals surface area contributed by atoms with Gasteiger partial charge in [-0.3, -0.25) is 9.20 Å². The van der Waals surface area contributed by atoms with E-state index in [4.69, 9.17) is 11.6 Å². The summed E-state index contributed by atoms with van der Waals surface area (Å²) in [4.78, 5) is 25.2. The van der Waals surface area contributed by atoms with Gasteiger partial charge >= 0.3 is 0 Å². The van der Waals surface area contributed by atoms with Crippen LogP contribution in [0, 0.1) is 6.92 Å². The number of benzene rings is 1. The third kappa shape index (κ3) is 2.91. The van der Waals surface area contributed by atoms with Crippen LogP contribution < -0.4 is 5.32 Å². The van der Waals surface area contributed by atoms with E-state index >= 15 is 0 Å². The molecule has 26 heavy (non-hydrogen) atoms. The lowest BCUT2D eigenvalue weighted by atomic mass is 10.0. The van der Waals surface area contributed by atoms with E-state index in [1.165, 1.54) is 6.20 Å². The first-order valence-electron chi connectivity index (χ1n) is 7.94. The van der Waals surface area contributed by atoms with E-state index in [1.54, 1.807) is 29.1 Å². The van der Waals surface area contributed by atoms with Crippen LogP contribution in [-0.4, -0.2) is 25.3 Å². The molecule has 6 nitrogen and oxygen atoms in total. The van der Waals surface area contributed by atoms with Gasteiger partial charge in [-0.05, 0) is 47.9 Å². The van der Waals surface area contributed by atoms with Gasteiger partial charge < -0.3 is 5.32 Å². The smallest absolute Gasteiger partial charge is 0.275 e. The van der Waals surface area contributed by atoms with Crippen LogP contribution in [0.1, 0.15) is 16.1 Å². The Labute approximate surface area is 154 Å². The zero-order chi connectivity index (χ0) is 18.1. The van der Waals surface area contributed by atoms with Gasteiger partial charge in [-0.1, -0.05) is 23.7 Å². The Morgan fingerprint density at radius 2 is 1.88 bits per heavy atom. The van der Waals surface area contributed by atoms with E-state index in [0.717, 1.165) is 16.7 Å². The van der Waals surface area contributed by atoms with Crippen molar-refractivity contribution in [2.75, 3.05) is 5.32 Å². The molecule has 0 aliphatic carbocycles. The third-order valence-electron chi connectivity index (χ3n) is 4.11. The average molecular weight is 364 g/mol. The van der Waals surface area contributed by atoms with E-state index < -0.39 is 0 Å². The predicted octanol–water partition coefficient (Wildman–Crippen LogP) is 4.01. The quantitative estimate of drug-likeness (QED) is 0.597. The summed E-state index contributed by atoms with van der Waals surface area (Å²) in [5, 5.41) is 3.54. The molecule has 1 N–H and O–H groups in total. The van der Waals surface area contributed by atoms with E-state index in [9.17, 15) is 4.79 Å². The average Bonchev–Trinajstić information content (AvgIpc) is 3.08. The summed E-state index contributed by atoms with van der Waals surface area (Å²) in [6.45, 7) is 1.92. The van der Waals surface area contributed by atoms with E-state index in [-0.39, 0.29) is 5.91 Å². The zero-order valence-electron chi connectivity index (χ0n) is 13.8. The molecule has 1 aromatic carbocycles. The molecule has 4 aromatic rings. The highest BCUT2D eigenvalue weighted by Gasteiger charge is 2.15. The fraction of sp³-hybridized carbons (Fsp3) is 0.0526. The molecule has 7 heteroatoms. The van der Waals surface area contributed by atoms with Gasteiger partial charge in [0.2, 0.25) is 5.78 Å². The second-order valence-corrected chi connectivity index (χ2v) is 6.16. The number of carbonyl (C=O) groups is 1. The highest BCUT2D eigenvalue weighted by Crippen LogP contribution is 2.28. The maximum absolute atomic E-state index is 12.7. The normalized spacial score (nSPS) is 10.8. The third-order valence-corrected chi connectivity index (χ3v) is 4.36. The predicted molar refractivity (Wildman–Crippen MR) is 100 cm³/mol. The van der Waals surface area contributed by atoms with E-state index in [2.05, 4.69) is 20.3 Å². The molecule has 0 saturated carbocycles. The highest BCUT2D eigenvalue weighted by molar-refractivity contribution is 6.30. The van der Waals surface area contributed by atoms with Gasteiger partial charge in [-0.2, -0.15) is 0 Å². The van der Waals surface area contributed by atoms with Crippen molar-refractivity contribution in [2.24, 2.45) is 0 Å². The summed E-state index contributed by atoms with van der Waals surface area (Å²) >= 11 is 5.96. The van der Waals surface area contributed by atoms with Gasteiger partial charge in [0.15, 0.2) is 0 Å². The summed E-state index contributed by atoms with van der Waals surface area (Å²) in [7, 11) is 0. The minimum atomic E-state index is -0.297. The van der Waals surface area contributed by atoms with Crippen LogP contribution in [0.4, 0.5) is 5.82 Å². The molecule has 0 atom stereocenters. The summed E-state index contributed by atoms with van der Waals surface area (Å²) < 4.78 is 1.63. The first-order valence-corrected chi connectivity index (χ1v) is 8.32. The molecule has 0 unspecified atom stereocenters. The first-order chi connectivity index (χ1) is 12.6. The number of carbonyl (C=O) groups excluding carboxylic acids is 1. The topological polar surface area (TPSA) is 72.2 Å². The fourth-order valence-electron chi connectivity index (χ4n) is 2.77. The summed E-state index contributed by atoms with van der Waals surface area (Å²) in [5.41, 5.74) is 3.25. The lowest BCUT2D eigenvalue weighted by molar-refractivity contribution is 0.102. The van der Waals surface area contributed by atoms with Crippen molar-refractivity contribution < 1.29 is 4.79 Å². The number of amides is 1. The number of pyridine rings is 1. The molecule has 0 spiro atoms. The van der Waals surface area contributed by atoms with Gasteiger partial charge in [0.25, 0.3) is 5.91 Å². The Balaban J connectivity index is 1.67. The second-order valence-electron chi connectivity index (χ2n) is 5.73. The molecule has 0 radical (unpaired) electrons. The highest BCUT2D eigenvalue weighted by atomic mass is 35.5. The largest absolute Gasteiger partial charge is 0.305 e. The SMILES string of the molecule is Cc1c(-c2ccc(Cl)cc2)ccnc1NC(=O)c1cnc2ncccn12. The molecule has 0 aliphatic heterocycles. The minimum Gasteiger partial charge on any atom is -0.305 e. The standard InChI is InChI=1S/C19H14ClN5O/c1-12-15(13-3-5-14(20)6-4-13)7-9-21-17(12)24-18(26)16-11-23-19-22-8-2-10-25(16)19/h2-11H,1H3,(H,21,24,26). The maximum Gasteiger partial charge on any atom is 0.275 e. The summed E-state index contributed by atoms with van der Waals surface area (Å²) in [6, 6.07) is 11.2. The van der Waals surface area contributed by atoms with Gasteiger partial charge in [0.1, 0.15) is 11.5 Å². The van der Waals surface area contributed by atoms with Crippen LogP contribution in [0.15, 0.2) is 61.2 Å². The van der Waals surface area contributed by atoms with Crippen LogP contribution >= 0.6 is 11.6 Å². The number of hydrogen-bond donors (Lipinski definition) is 1. The molecule has 4 rings (SSSR count). The molecule has 0 bridgehead atoms. The van der Waals surface area contributed by atoms with Gasteiger partial charge in [-0.15, -0.1) is 0 Å². The van der Waals surface area contributed by atoms with E-state index in [0.29, 0.717) is 22.3 Å². The zero-order valence-corrected chi connectivity index (χ0v) is 14.6. The van der Waals surface area contributed by atoms with Crippen LogP contribution in [-0.2, 0) is 0 Å². The Morgan fingerprint density at radius 1 is 1.08 bits per heavy atom. The minimum absolute atomic E-state index is 0.297. The number of halogens is 1. The number of imidazole rings is 1. The lowest BCUT2D eigenvalue weighted by Crippen LogP contribution is -2.16. The van der Waals surface area contributed by atoms with Gasteiger partial charge in [-0.25, -0.2) is 15.0 Å². The second kappa shape index (κ2) is 6.57. The van der Waals surface area contributed by atoms with Crippen LogP contribution in [0.25, 0.3) is 16.9 Å². The Kier molecular flexibility index (Phi) is 4.10. The maximum atomic E-state index is 12.7. The molecular formula is C19H14ClN5O. The number of aromatic nitrogens is 4. The van der Waals surface area contributed by atoms with Crippen molar-refractivity contribution >= 4 is 29.1 Å². The molecule has 3 heterocycles. The van der Waals surface area contributed by atoms with Gasteiger partial charge in [0.05, 0.1) is 6.20 Å². The first kappa shape index (κ1) is 16.2. The lowest BCUT2D eigenvalue weighted by Gasteiger charge is -2.11. The van der Waals surface area contributed by atoms with Crippen molar-refractivity contribution in [2.45, 2.75) is 6.92 Å². The number of nitrogens with one attached hydrogen (secondary N) is 1. The van der Waals surface area contributed by atoms with Crippen molar-refractivity contribution in [1.29, 1.82) is 0 Å². The van der Waals surface area contributed by atoms with Crippen molar-refractivity contribution in [3.63, 3.8) is 0 Å². The Morgan fingerprint density at radius 3 is 2.69 bits per heavy atom. The summed E-state index contributed by atoms with van der Waals surface area (Å²) in [5.74, 6) is 0.674.